The zero-order valence-corrected chi connectivity index (χ0v) is 14.9. The van der Waals surface area contributed by atoms with Crippen molar-refractivity contribution in [2.24, 2.45) is 0 Å². The first-order valence-corrected chi connectivity index (χ1v) is 8.61. The summed E-state index contributed by atoms with van der Waals surface area (Å²) in [5.74, 6) is -0.578. The molecule has 4 heteroatoms. The van der Waals surface area contributed by atoms with Gasteiger partial charge < -0.3 is 9.30 Å². The van der Waals surface area contributed by atoms with Gasteiger partial charge in [0.05, 0.1) is 6.61 Å². The number of carbonyl (C=O) groups excluding carboxylic acids is 1. The van der Waals surface area contributed by atoms with Crippen molar-refractivity contribution in [2.75, 3.05) is 6.61 Å². The second kappa shape index (κ2) is 7.83. The van der Waals surface area contributed by atoms with Crippen LogP contribution < -0.4 is 5.43 Å². The van der Waals surface area contributed by atoms with Crippen LogP contribution in [0.2, 0.25) is 0 Å². The standard InChI is InChI=1S/C22H21NO3/c1-3-26-22(25)20-15-23(13-16(2)21(20)24)14-18-11-7-8-12-19(18)17-9-5-4-6-10-17/h4-13,15H,3,14H2,1-2H3. The van der Waals surface area contributed by atoms with Gasteiger partial charge in [-0.3, -0.25) is 4.79 Å². The smallest absolute Gasteiger partial charge is 0.343 e. The molecule has 26 heavy (non-hydrogen) atoms. The number of carbonyl (C=O) groups is 1. The molecule has 0 aliphatic carbocycles. The number of hydrogen-bond acceptors (Lipinski definition) is 3. The van der Waals surface area contributed by atoms with Crippen molar-refractivity contribution in [3.05, 3.63) is 93.9 Å². The monoisotopic (exact) mass is 347 g/mol. The van der Waals surface area contributed by atoms with E-state index in [-0.39, 0.29) is 17.6 Å². The van der Waals surface area contributed by atoms with Gasteiger partial charge in [-0.1, -0.05) is 54.6 Å². The Bertz CT molecular complexity index is 974. The highest BCUT2D eigenvalue weighted by molar-refractivity contribution is 5.89. The molecule has 0 radical (unpaired) electrons. The minimum atomic E-state index is -0.578. The fraction of sp³-hybridized carbons (Fsp3) is 0.182. The molecule has 3 rings (SSSR count). The first-order chi connectivity index (χ1) is 12.6. The van der Waals surface area contributed by atoms with Gasteiger partial charge in [0.1, 0.15) is 5.56 Å². The molecule has 0 amide bonds. The molecular formula is C22H21NO3. The number of pyridine rings is 1. The van der Waals surface area contributed by atoms with Gasteiger partial charge in [-0.05, 0) is 30.5 Å². The fourth-order valence-corrected chi connectivity index (χ4v) is 2.98. The zero-order chi connectivity index (χ0) is 18.5. The van der Waals surface area contributed by atoms with Crippen LogP contribution in [0.1, 0.15) is 28.4 Å². The summed E-state index contributed by atoms with van der Waals surface area (Å²) in [4.78, 5) is 24.3. The first-order valence-electron chi connectivity index (χ1n) is 8.61. The minimum Gasteiger partial charge on any atom is -0.462 e. The molecule has 3 aromatic rings. The Morgan fingerprint density at radius 2 is 1.69 bits per heavy atom. The number of aryl methyl sites for hydroxylation is 1. The second-order valence-electron chi connectivity index (χ2n) is 6.10. The van der Waals surface area contributed by atoms with Crippen molar-refractivity contribution in [3.8, 4) is 11.1 Å². The molecule has 0 aliphatic heterocycles. The number of rotatable bonds is 5. The Labute approximate surface area is 152 Å². The molecule has 2 aromatic carbocycles. The summed E-state index contributed by atoms with van der Waals surface area (Å²) in [6.07, 6.45) is 3.35. The predicted octanol–water partition coefficient (Wildman–Crippen LogP) is 4.05. The first kappa shape index (κ1) is 17.7. The maximum absolute atomic E-state index is 12.3. The summed E-state index contributed by atoms with van der Waals surface area (Å²) in [7, 11) is 0. The van der Waals surface area contributed by atoms with Gasteiger partial charge in [-0.2, -0.15) is 0 Å². The van der Waals surface area contributed by atoms with E-state index in [1.54, 1.807) is 26.2 Å². The quantitative estimate of drug-likeness (QED) is 0.654. The fourth-order valence-electron chi connectivity index (χ4n) is 2.98. The Kier molecular flexibility index (Phi) is 5.32. The average molecular weight is 347 g/mol. The van der Waals surface area contributed by atoms with Gasteiger partial charge >= 0.3 is 5.97 Å². The number of aromatic nitrogens is 1. The maximum Gasteiger partial charge on any atom is 0.343 e. The van der Waals surface area contributed by atoms with Gasteiger partial charge in [0.25, 0.3) is 0 Å². The van der Waals surface area contributed by atoms with Crippen LogP contribution in [-0.4, -0.2) is 17.1 Å². The van der Waals surface area contributed by atoms with Crippen molar-refractivity contribution >= 4 is 5.97 Å². The molecule has 0 saturated heterocycles. The Morgan fingerprint density at radius 1 is 1.00 bits per heavy atom. The number of benzene rings is 2. The van der Waals surface area contributed by atoms with Gasteiger partial charge in [-0.25, -0.2) is 4.79 Å². The SMILES string of the molecule is CCOC(=O)c1cn(Cc2ccccc2-c2ccccc2)cc(C)c1=O. The molecule has 0 bridgehead atoms. The minimum absolute atomic E-state index is 0.0732. The van der Waals surface area contributed by atoms with E-state index in [4.69, 9.17) is 4.74 Å². The van der Waals surface area contributed by atoms with E-state index in [2.05, 4.69) is 24.3 Å². The van der Waals surface area contributed by atoms with Crippen molar-refractivity contribution < 1.29 is 9.53 Å². The van der Waals surface area contributed by atoms with E-state index in [9.17, 15) is 9.59 Å². The van der Waals surface area contributed by atoms with Crippen LogP contribution in [0.15, 0.2) is 71.8 Å². The topological polar surface area (TPSA) is 48.3 Å². The van der Waals surface area contributed by atoms with Gasteiger partial charge in [0.15, 0.2) is 5.43 Å². The van der Waals surface area contributed by atoms with Crippen molar-refractivity contribution in [3.63, 3.8) is 0 Å². The van der Waals surface area contributed by atoms with E-state index >= 15 is 0 Å². The normalized spacial score (nSPS) is 10.5. The summed E-state index contributed by atoms with van der Waals surface area (Å²) < 4.78 is 6.88. The lowest BCUT2D eigenvalue weighted by atomic mass is 9.99. The molecular weight excluding hydrogens is 326 g/mol. The van der Waals surface area contributed by atoms with Crippen LogP contribution in [-0.2, 0) is 11.3 Å². The van der Waals surface area contributed by atoms with Crippen molar-refractivity contribution in [1.29, 1.82) is 0 Å². The maximum atomic E-state index is 12.3. The van der Waals surface area contributed by atoms with Crippen LogP contribution in [0.3, 0.4) is 0 Å². The predicted molar refractivity (Wildman–Crippen MR) is 102 cm³/mol. The molecule has 0 aliphatic rings. The Balaban J connectivity index is 2.00. The Hall–Kier alpha value is -3.14. The molecule has 0 atom stereocenters. The van der Waals surface area contributed by atoms with Crippen LogP contribution in [0, 0.1) is 6.92 Å². The lowest BCUT2D eigenvalue weighted by Crippen LogP contribution is -2.22. The third-order valence-electron chi connectivity index (χ3n) is 4.21. The summed E-state index contributed by atoms with van der Waals surface area (Å²) in [5, 5.41) is 0. The van der Waals surface area contributed by atoms with Crippen LogP contribution >= 0.6 is 0 Å². The second-order valence-corrected chi connectivity index (χ2v) is 6.10. The van der Waals surface area contributed by atoms with Crippen LogP contribution in [0.5, 0.6) is 0 Å². The lowest BCUT2D eigenvalue weighted by Gasteiger charge is -2.14. The molecule has 0 fully saturated rings. The summed E-state index contributed by atoms with van der Waals surface area (Å²) in [6.45, 7) is 4.23. The highest BCUT2D eigenvalue weighted by atomic mass is 16.5. The molecule has 1 aromatic heterocycles. The highest BCUT2D eigenvalue weighted by Gasteiger charge is 2.15. The summed E-state index contributed by atoms with van der Waals surface area (Å²) in [5.41, 5.74) is 3.68. The zero-order valence-electron chi connectivity index (χ0n) is 14.9. The molecule has 0 unspecified atom stereocenters. The van der Waals surface area contributed by atoms with Gasteiger partial charge in [-0.15, -0.1) is 0 Å². The number of nitrogens with zero attached hydrogens (tertiary/aromatic N) is 1. The summed E-state index contributed by atoms with van der Waals surface area (Å²) >= 11 is 0. The number of esters is 1. The largest absolute Gasteiger partial charge is 0.462 e. The molecule has 0 spiro atoms. The summed E-state index contributed by atoms with van der Waals surface area (Å²) in [6, 6.07) is 18.3. The van der Waals surface area contributed by atoms with Gasteiger partial charge in [0.2, 0.25) is 0 Å². The van der Waals surface area contributed by atoms with E-state index in [0.717, 1.165) is 16.7 Å². The lowest BCUT2D eigenvalue weighted by molar-refractivity contribution is 0.0523. The number of hydrogen-bond donors (Lipinski definition) is 0. The van der Waals surface area contributed by atoms with Crippen molar-refractivity contribution in [2.45, 2.75) is 20.4 Å². The van der Waals surface area contributed by atoms with E-state index in [1.165, 1.54) is 0 Å². The highest BCUT2D eigenvalue weighted by Crippen LogP contribution is 2.24. The molecule has 132 valence electrons. The third kappa shape index (κ3) is 3.75. The van der Waals surface area contributed by atoms with Crippen LogP contribution in [0.4, 0.5) is 0 Å². The van der Waals surface area contributed by atoms with E-state index in [0.29, 0.717) is 12.1 Å². The van der Waals surface area contributed by atoms with Gasteiger partial charge in [0, 0.05) is 24.5 Å². The van der Waals surface area contributed by atoms with Crippen LogP contribution in [0.25, 0.3) is 11.1 Å². The molecule has 1 heterocycles. The van der Waals surface area contributed by atoms with Crippen molar-refractivity contribution in [1.82, 2.24) is 4.57 Å². The number of ether oxygens (including phenoxy) is 1. The average Bonchev–Trinajstić information content (AvgIpc) is 2.66. The third-order valence-corrected chi connectivity index (χ3v) is 4.21. The van der Waals surface area contributed by atoms with E-state index in [1.807, 2.05) is 34.9 Å². The molecule has 0 N–H and O–H groups in total. The molecule has 4 nitrogen and oxygen atoms in total. The van der Waals surface area contributed by atoms with E-state index < -0.39 is 5.97 Å². The molecule has 0 saturated carbocycles. The Morgan fingerprint density at radius 3 is 2.42 bits per heavy atom.